The summed E-state index contributed by atoms with van der Waals surface area (Å²) in [5.74, 6) is 0.656. The molecule has 138 valence electrons. The molecule has 7 nitrogen and oxygen atoms in total. The average molecular weight is 376 g/mol. The number of anilines is 1. The van der Waals surface area contributed by atoms with Crippen LogP contribution in [0.15, 0.2) is 33.9 Å². The highest BCUT2D eigenvalue weighted by molar-refractivity contribution is 6.31. The first kappa shape index (κ1) is 18.3. The highest BCUT2D eigenvalue weighted by atomic mass is 35.5. The smallest absolute Gasteiger partial charge is 0.332 e. The number of rotatable bonds is 5. The standard InChI is InChI=1S/C18H22ClN5O2/c1-5-23(6-2)17-20-15-14(16(25)22(4)18(26)21(15)3)24(17)11-12-9-7-8-10-13(12)19/h7-10H,5-6,11H2,1-4H3. The van der Waals surface area contributed by atoms with Crippen LogP contribution in [0.25, 0.3) is 11.2 Å². The summed E-state index contributed by atoms with van der Waals surface area (Å²) in [6.45, 7) is 5.92. The van der Waals surface area contributed by atoms with E-state index in [9.17, 15) is 9.59 Å². The third-order valence-corrected chi connectivity index (χ3v) is 5.03. The van der Waals surface area contributed by atoms with Crippen LogP contribution in [0.1, 0.15) is 19.4 Å². The number of fused-ring (bicyclic) bond motifs is 1. The van der Waals surface area contributed by atoms with Gasteiger partial charge in [-0.2, -0.15) is 4.98 Å². The van der Waals surface area contributed by atoms with Crippen molar-refractivity contribution in [3.05, 3.63) is 55.7 Å². The summed E-state index contributed by atoms with van der Waals surface area (Å²) in [4.78, 5) is 31.8. The molecule has 1 aromatic carbocycles. The monoisotopic (exact) mass is 375 g/mol. The van der Waals surface area contributed by atoms with Crippen LogP contribution in [0.3, 0.4) is 0 Å². The zero-order valence-electron chi connectivity index (χ0n) is 15.4. The molecule has 0 N–H and O–H groups in total. The van der Waals surface area contributed by atoms with E-state index in [0.29, 0.717) is 28.7 Å². The summed E-state index contributed by atoms with van der Waals surface area (Å²) in [5.41, 5.74) is 0.915. The van der Waals surface area contributed by atoms with E-state index in [-0.39, 0.29) is 5.56 Å². The number of hydrogen-bond acceptors (Lipinski definition) is 4. The van der Waals surface area contributed by atoms with E-state index in [4.69, 9.17) is 11.6 Å². The fourth-order valence-corrected chi connectivity index (χ4v) is 3.33. The number of halogens is 1. The van der Waals surface area contributed by atoms with E-state index in [2.05, 4.69) is 9.88 Å². The molecule has 0 amide bonds. The van der Waals surface area contributed by atoms with E-state index in [1.54, 1.807) is 7.05 Å². The lowest BCUT2D eigenvalue weighted by Gasteiger charge is -2.21. The van der Waals surface area contributed by atoms with Crippen LogP contribution in [-0.2, 0) is 20.6 Å². The average Bonchev–Trinajstić information content (AvgIpc) is 3.00. The molecule has 2 aromatic heterocycles. The minimum Gasteiger partial charge on any atom is -0.343 e. The minimum atomic E-state index is -0.393. The molecular weight excluding hydrogens is 354 g/mol. The van der Waals surface area contributed by atoms with Crippen molar-refractivity contribution in [2.75, 3.05) is 18.0 Å². The van der Waals surface area contributed by atoms with Gasteiger partial charge >= 0.3 is 5.69 Å². The lowest BCUT2D eigenvalue weighted by molar-refractivity contribution is 0.701. The van der Waals surface area contributed by atoms with Crippen LogP contribution < -0.4 is 16.1 Å². The van der Waals surface area contributed by atoms with Crippen molar-refractivity contribution in [1.29, 1.82) is 0 Å². The molecule has 2 heterocycles. The van der Waals surface area contributed by atoms with Crippen LogP contribution in [0.5, 0.6) is 0 Å². The molecule has 0 saturated carbocycles. The van der Waals surface area contributed by atoms with Crippen LogP contribution >= 0.6 is 11.6 Å². The van der Waals surface area contributed by atoms with Crippen LogP contribution in [-0.4, -0.2) is 31.8 Å². The molecule has 0 spiro atoms. The van der Waals surface area contributed by atoms with Crippen molar-refractivity contribution in [3.8, 4) is 0 Å². The maximum Gasteiger partial charge on any atom is 0.332 e. The Hall–Kier alpha value is -2.54. The van der Waals surface area contributed by atoms with Gasteiger partial charge in [-0.25, -0.2) is 4.79 Å². The van der Waals surface area contributed by atoms with Gasteiger partial charge in [-0.05, 0) is 25.5 Å². The van der Waals surface area contributed by atoms with Crippen molar-refractivity contribution < 1.29 is 0 Å². The Kier molecular flexibility index (Phi) is 4.91. The molecular formula is C18H22ClN5O2. The molecule has 0 aliphatic rings. The summed E-state index contributed by atoms with van der Waals surface area (Å²) < 4.78 is 4.37. The van der Waals surface area contributed by atoms with Crippen molar-refractivity contribution >= 4 is 28.7 Å². The Bertz CT molecular complexity index is 1080. The molecule has 26 heavy (non-hydrogen) atoms. The van der Waals surface area contributed by atoms with Gasteiger partial charge in [0.25, 0.3) is 5.56 Å². The van der Waals surface area contributed by atoms with Crippen LogP contribution in [0.4, 0.5) is 5.95 Å². The first-order chi connectivity index (χ1) is 12.4. The topological polar surface area (TPSA) is 65.1 Å². The molecule has 0 aliphatic heterocycles. The Morgan fingerprint density at radius 2 is 1.73 bits per heavy atom. The molecule has 0 aliphatic carbocycles. The quantitative estimate of drug-likeness (QED) is 0.684. The number of aryl methyl sites for hydroxylation is 1. The largest absolute Gasteiger partial charge is 0.343 e. The van der Waals surface area contributed by atoms with Gasteiger partial charge in [0.1, 0.15) is 0 Å². The molecule has 8 heteroatoms. The van der Waals surface area contributed by atoms with Crippen LogP contribution in [0, 0.1) is 0 Å². The number of nitrogens with zero attached hydrogens (tertiary/aromatic N) is 5. The van der Waals surface area contributed by atoms with Gasteiger partial charge in [0.15, 0.2) is 11.2 Å². The second kappa shape index (κ2) is 6.99. The third-order valence-electron chi connectivity index (χ3n) is 4.66. The molecule has 0 fully saturated rings. The number of aromatic nitrogens is 4. The van der Waals surface area contributed by atoms with E-state index < -0.39 is 5.69 Å². The first-order valence-corrected chi connectivity index (χ1v) is 8.93. The van der Waals surface area contributed by atoms with E-state index >= 15 is 0 Å². The Labute approximate surface area is 156 Å². The number of benzene rings is 1. The fourth-order valence-electron chi connectivity index (χ4n) is 3.13. The summed E-state index contributed by atoms with van der Waals surface area (Å²) in [7, 11) is 3.11. The summed E-state index contributed by atoms with van der Waals surface area (Å²) in [6.07, 6.45) is 0. The van der Waals surface area contributed by atoms with Gasteiger partial charge in [0.05, 0.1) is 6.54 Å². The lowest BCUT2D eigenvalue weighted by atomic mass is 10.2. The van der Waals surface area contributed by atoms with Gasteiger partial charge < -0.3 is 4.90 Å². The molecule has 0 radical (unpaired) electrons. The number of imidazole rings is 1. The Morgan fingerprint density at radius 1 is 1.08 bits per heavy atom. The summed E-state index contributed by atoms with van der Waals surface area (Å²) in [6, 6.07) is 7.52. The molecule has 0 saturated heterocycles. The minimum absolute atomic E-state index is 0.360. The van der Waals surface area contributed by atoms with Gasteiger partial charge in [-0.15, -0.1) is 0 Å². The van der Waals surface area contributed by atoms with Crippen molar-refractivity contribution in [2.24, 2.45) is 14.1 Å². The SMILES string of the molecule is CCN(CC)c1nc2c(c(=O)n(C)c(=O)n2C)n1Cc1ccccc1Cl. The van der Waals surface area contributed by atoms with Crippen molar-refractivity contribution in [1.82, 2.24) is 18.7 Å². The zero-order chi connectivity index (χ0) is 19.0. The highest BCUT2D eigenvalue weighted by Crippen LogP contribution is 2.24. The molecule has 0 unspecified atom stereocenters. The summed E-state index contributed by atoms with van der Waals surface area (Å²) in [5, 5.41) is 0.626. The van der Waals surface area contributed by atoms with E-state index in [0.717, 1.165) is 23.2 Å². The van der Waals surface area contributed by atoms with Gasteiger partial charge in [-0.1, -0.05) is 29.8 Å². The predicted octanol–water partition coefficient (Wildman–Crippen LogP) is 1.98. The fraction of sp³-hybridized carbons (Fsp3) is 0.389. The maximum atomic E-state index is 12.8. The first-order valence-electron chi connectivity index (χ1n) is 8.55. The van der Waals surface area contributed by atoms with Crippen molar-refractivity contribution in [3.63, 3.8) is 0 Å². The van der Waals surface area contributed by atoms with Gasteiger partial charge in [0.2, 0.25) is 5.95 Å². The third kappa shape index (κ3) is 2.82. The number of hydrogen-bond donors (Lipinski definition) is 0. The van der Waals surface area contributed by atoms with E-state index in [1.807, 2.05) is 42.7 Å². The second-order valence-electron chi connectivity index (χ2n) is 6.14. The van der Waals surface area contributed by atoms with Gasteiger partial charge in [0, 0.05) is 32.2 Å². The molecule has 3 aromatic rings. The lowest BCUT2D eigenvalue weighted by Crippen LogP contribution is -2.37. The highest BCUT2D eigenvalue weighted by Gasteiger charge is 2.22. The molecule has 0 atom stereocenters. The maximum absolute atomic E-state index is 12.8. The molecule has 0 bridgehead atoms. The van der Waals surface area contributed by atoms with Gasteiger partial charge in [-0.3, -0.25) is 18.5 Å². The predicted molar refractivity (Wildman–Crippen MR) is 104 cm³/mol. The van der Waals surface area contributed by atoms with E-state index in [1.165, 1.54) is 11.6 Å². The van der Waals surface area contributed by atoms with Crippen LogP contribution in [0.2, 0.25) is 5.02 Å². The molecule has 3 rings (SSSR count). The Morgan fingerprint density at radius 3 is 2.35 bits per heavy atom. The summed E-state index contributed by atoms with van der Waals surface area (Å²) >= 11 is 6.33. The zero-order valence-corrected chi connectivity index (χ0v) is 16.1. The second-order valence-corrected chi connectivity index (χ2v) is 6.55. The van der Waals surface area contributed by atoms with Crippen molar-refractivity contribution in [2.45, 2.75) is 20.4 Å². The Balaban J connectivity index is 2.37. The normalized spacial score (nSPS) is 11.3.